The number of amides is 1. The van der Waals surface area contributed by atoms with Gasteiger partial charge in [-0.1, -0.05) is 26.0 Å². The zero-order valence-electron chi connectivity index (χ0n) is 16.8. The Balaban J connectivity index is 1.39. The van der Waals surface area contributed by atoms with E-state index < -0.39 is 10.0 Å². The van der Waals surface area contributed by atoms with Gasteiger partial charge in [-0.15, -0.1) is 4.40 Å². The second kappa shape index (κ2) is 8.31. The summed E-state index contributed by atoms with van der Waals surface area (Å²) in [5.74, 6) is 1.10. The molecule has 1 N–H and O–H groups in total. The van der Waals surface area contributed by atoms with Gasteiger partial charge in [0.25, 0.3) is 15.9 Å². The molecule has 0 bridgehead atoms. The standard InChI is InChI=1S/C21H23N3O4S2/c1-14(2)13-28-17-6-3-15(4-7-17)12-22-20(25)16-5-8-18-19(11-16)29-21-23-30(26,27)10-9-24(18)21/h3-8,11,14H,9-10,12-13H2,1-2H3,(H,22,25). The summed E-state index contributed by atoms with van der Waals surface area (Å²) >= 11 is 1.28. The normalized spacial score (nSPS) is 16.6. The minimum atomic E-state index is -3.39. The third-order valence-corrected chi connectivity index (χ3v) is 7.00. The van der Waals surface area contributed by atoms with Crippen LogP contribution in [0.5, 0.6) is 5.75 Å². The summed E-state index contributed by atoms with van der Waals surface area (Å²) in [6, 6.07) is 13.1. The highest BCUT2D eigenvalue weighted by Crippen LogP contribution is 2.42. The monoisotopic (exact) mass is 445 g/mol. The number of fused-ring (bicyclic) bond motifs is 3. The molecule has 9 heteroatoms. The molecule has 0 spiro atoms. The fourth-order valence-corrected chi connectivity index (χ4v) is 5.42. The van der Waals surface area contributed by atoms with Gasteiger partial charge in [0.15, 0.2) is 5.17 Å². The summed E-state index contributed by atoms with van der Waals surface area (Å²) in [6.45, 7) is 5.65. The van der Waals surface area contributed by atoms with Crippen molar-refractivity contribution in [1.29, 1.82) is 0 Å². The molecule has 0 fully saturated rings. The summed E-state index contributed by atoms with van der Waals surface area (Å²) in [4.78, 5) is 15.3. The highest BCUT2D eigenvalue weighted by atomic mass is 32.2. The first-order chi connectivity index (χ1) is 14.3. The number of amidine groups is 1. The lowest BCUT2D eigenvalue weighted by Gasteiger charge is -2.22. The molecule has 0 aliphatic carbocycles. The average Bonchev–Trinajstić information content (AvgIpc) is 3.06. The summed E-state index contributed by atoms with van der Waals surface area (Å²) in [7, 11) is -3.39. The Hall–Kier alpha value is -2.52. The Morgan fingerprint density at radius 2 is 2.00 bits per heavy atom. The maximum absolute atomic E-state index is 12.6. The number of carbonyl (C=O) groups excluding carboxylic acids is 1. The van der Waals surface area contributed by atoms with Gasteiger partial charge >= 0.3 is 0 Å². The molecular weight excluding hydrogens is 422 g/mol. The number of hydrogen-bond donors (Lipinski definition) is 1. The van der Waals surface area contributed by atoms with Crippen molar-refractivity contribution >= 4 is 38.5 Å². The second-order valence-corrected chi connectivity index (χ2v) is 10.4. The van der Waals surface area contributed by atoms with Crippen LogP contribution < -0.4 is 15.0 Å². The van der Waals surface area contributed by atoms with Crippen molar-refractivity contribution in [3.05, 3.63) is 53.6 Å². The van der Waals surface area contributed by atoms with Crippen molar-refractivity contribution in [2.75, 3.05) is 23.8 Å². The molecule has 0 saturated heterocycles. The van der Waals surface area contributed by atoms with Gasteiger partial charge in [0, 0.05) is 23.5 Å². The molecule has 2 aliphatic rings. The molecule has 30 heavy (non-hydrogen) atoms. The first-order valence-corrected chi connectivity index (χ1v) is 12.2. The number of sulfonamides is 1. The molecule has 0 unspecified atom stereocenters. The Morgan fingerprint density at radius 3 is 2.73 bits per heavy atom. The van der Waals surface area contributed by atoms with Crippen molar-refractivity contribution in [2.45, 2.75) is 25.3 Å². The van der Waals surface area contributed by atoms with Crippen LogP contribution in [0, 0.1) is 5.92 Å². The maximum Gasteiger partial charge on any atom is 0.257 e. The lowest BCUT2D eigenvalue weighted by Crippen LogP contribution is -2.35. The molecule has 4 rings (SSSR count). The van der Waals surface area contributed by atoms with Crippen LogP contribution in [0.4, 0.5) is 5.69 Å². The van der Waals surface area contributed by atoms with Crippen LogP contribution in [-0.4, -0.2) is 38.4 Å². The number of nitrogens with one attached hydrogen (secondary N) is 1. The fraction of sp³-hybridized carbons (Fsp3) is 0.333. The average molecular weight is 446 g/mol. The maximum atomic E-state index is 12.6. The number of ether oxygens (including phenoxy) is 1. The number of benzene rings is 2. The summed E-state index contributed by atoms with van der Waals surface area (Å²) in [5, 5.41) is 3.38. The van der Waals surface area contributed by atoms with Crippen molar-refractivity contribution in [1.82, 2.24) is 5.32 Å². The van der Waals surface area contributed by atoms with E-state index in [1.807, 2.05) is 35.2 Å². The molecule has 2 aliphatic heterocycles. The highest BCUT2D eigenvalue weighted by Gasteiger charge is 2.33. The van der Waals surface area contributed by atoms with Gasteiger partial charge in [-0.05, 0) is 53.6 Å². The zero-order valence-corrected chi connectivity index (χ0v) is 18.4. The van der Waals surface area contributed by atoms with E-state index >= 15 is 0 Å². The van der Waals surface area contributed by atoms with Gasteiger partial charge in [-0.2, -0.15) is 0 Å². The van der Waals surface area contributed by atoms with Crippen molar-refractivity contribution in [3.8, 4) is 5.75 Å². The van der Waals surface area contributed by atoms with E-state index in [-0.39, 0.29) is 11.7 Å². The zero-order chi connectivity index (χ0) is 21.3. The van der Waals surface area contributed by atoms with Crippen molar-refractivity contribution < 1.29 is 17.9 Å². The molecule has 158 valence electrons. The SMILES string of the molecule is CC(C)COc1ccc(CNC(=O)c2ccc3c(c2)SC2=NS(=O)(=O)CCN23)cc1. The van der Waals surface area contributed by atoms with Gasteiger partial charge < -0.3 is 15.0 Å². The number of anilines is 1. The van der Waals surface area contributed by atoms with Gasteiger partial charge in [-0.3, -0.25) is 4.79 Å². The molecule has 0 radical (unpaired) electrons. The number of nitrogens with zero attached hydrogens (tertiary/aromatic N) is 2. The second-order valence-electron chi connectivity index (χ2n) is 7.63. The van der Waals surface area contributed by atoms with E-state index in [4.69, 9.17) is 4.74 Å². The summed E-state index contributed by atoms with van der Waals surface area (Å²) in [6.07, 6.45) is 0. The largest absolute Gasteiger partial charge is 0.493 e. The summed E-state index contributed by atoms with van der Waals surface area (Å²) < 4.78 is 33.0. The molecule has 2 aromatic rings. The van der Waals surface area contributed by atoms with Crippen LogP contribution >= 0.6 is 11.8 Å². The Bertz CT molecular complexity index is 1100. The first-order valence-electron chi connectivity index (χ1n) is 9.73. The van der Waals surface area contributed by atoms with Crippen molar-refractivity contribution in [3.63, 3.8) is 0 Å². The fourth-order valence-electron chi connectivity index (χ4n) is 3.12. The van der Waals surface area contributed by atoms with Gasteiger partial charge in [0.2, 0.25) is 0 Å². The number of thioether (sulfide) groups is 1. The molecule has 0 atom stereocenters. The number of hydrogen-bond acceptors (Lipinski definition) is 6. The first kappa shape index (κ1) is 20.7. The highest BCUT2D eigenvalue weighted by molar-refractivity contribution is 8.15. The van der Waals surface area contributed by atoms with Crippen LogP contribution in [0.15, 0.2) is 51.8 Å². The molecule has 2 aromatic carbocycles. The Kier molecular flexibility index (Phi) is 5.75. The lowest BCUT2D eigenvalue weighted by atomic mass is 10.1. The smallest absolute Gasteiger partial charge is 0.257 e. The molecule has 7 nitrogen and oxygen atoms in total. The molecular formula is C21H23N3O4S2. The van der Waals surface area contributed by atoms with E-state index in [1.54, 1.807) is 12.1 Å². The Labute approximate surface area is 180 Å². The predicted molar refractivity (Wildman–Crippen MR) is 119 cm³/mol. The van der Waals surface area contributed by atoms with E-state index in [9.17, 15) is 13.2 Å². The number of rotatable bonds is 6. The molecule has 1 amide bonds. The number of carbonyl (C=O) groups is 1. The predicted octanol–water partition coefficient (Wildman–Crippen LogP) is 3.26. The topological polar surface area (TPSA) is 88.1 Å². The third kappa shape index (κ3) is 4.62. The van der Waals surface area contributed by atoms with Crippen LogP contribution in [-0.2, 0) is 16.6 Å². The lowest BCUT2D eigenvalue weighted by molar-refractivity contribution is 0.0950. The third-order valence-electron chi connectivity index (χ3n) is 4.69. The molecule has 2 heterocycles. The van der Waals surface area contributed by atoms with E-state index in [1.165, 1.54) is 11.8 Å². The molecule has 0 saturated carbocycles. The van der Waals surface area contributed by atoms with Crippen molar-refractivity contribution in [2.24, 2.45) is 10.3 Å². The van der Waals surface area contributed by atoms with Gasteiger partial charge in [-0.25, -0.2) is 8.42 Å². The quantitative estimate of drug-likeness (QED) is 0.734. The minimum absolute atomic E-state index is 0.0000374. The summed E-state index contributed by atoms with van der Waals surface area (Å²) in [5.41, 5.74) is 2.40. The Morgan fingerprint density at radius 1 is 1.23 bits per heavy atom. The molecule has 0 aromatic heterocycles. The van der Waals surface area contributed by atoms with E-state index in [0.717, 1.165) is 21.9 Å². The van der Waals surface area contributed by atoms with Crippen LogP contribution in [0.2, 0.25) is 0 Å². The minimum Gasteiger partial charge on any atom is -0.493 e. The van der Waals surface area contributed by atoms with Gasteiger partial charge in [0.1, 0.15) is 5.75 Å². The van der Waals surface area contributed by atoms with Crippen LogP contribution in [0.1, 0.15) is 29.8 Å². The van der Waals surface area contributed by atoms with Crippen LogP contribution in [0.3, 0.4) is 0 Å². The van der Waals surface area contributed by atoms with Gasteiger partial charge in [0.05, 0.1) is 18.0 Å². The van der Waals surface area contributed by atoms with E-state index in [0.29, 0.717) is 36.3 Å². The van der Waals surface area contributed by atoms with Crippen LogP contribution in [0.25, 0.3) is 0 Å². The van der Waals surface area contributed by atoms with E-state index in [2.05, 4.69) is 23.6 Å².